The van der Waals surface area contributed by atoms with Gasteiger partial charge in [-0.2, -0.15) is 0 Å². The molecule has 1 aliphatic heterocycles. The van der Waals surface area contributed by atoms with Crippen molar-refractivity contribution in [1.82, 2.24) is 10.6 Å². The quantitative estimate of drug-likeness (QED) is 0.595. The molecule has 0 aromatic heterocycles. The van der Waals surface area contributed by atoms with E-state index in [1.54, 1.807) is 0 Å². The second-order valence-electron chi connectivity index (χ2n) is 3.38. The summed E-state index contributed by atoms with van der Waals surface area (Å²) in [4.78, 5) is 11.2. The normalized spacial score (nSPS) is 26.5. The van der Waals surface area contributed by atoms with Crippen LogP contribution >= 0.6 is 0 Å². The lowest BCUT2D eigenvalue weighted by Crippen LogP contribution is -2.50. The van der Waals surface area contributed by atoms with Crippen LogP contribution in [0.5, 0.6) is 0 Å². The number of nitrogens with one attached hydrogen (secondary N) is 2. The molecule has 0 aliphatic carbocycles. The van der Waals surface area contributed by atoms with Gasteiger partial charge in [0, 0.05) is 6.61 Å². The van der Waals surface area contributed by atoms with E-state index in [-0.39, 0.29) is 18.1 Å². The Morgan fingerprint density at radius 1 is 1.77 bits per heavy atom. The highest BCUT2D eigenvalue weighted by molar-refractivity contribution is 5.75. The van der Waals surface area contributed by atoms with Crippen LogP contribution in [0.4, 0.5) is 4.79 Å². The van der Waals surface area contributed by atoms with Gasteiger partial charge < -0.3 is 15.4 Å². The Morgan fingerprint density at radius 3 is 3.08 bits per heavy atom. The maximum Gasteiger partial charge on any atom is 0.316 e. The number of amides is 2. The molecule has 4 nitrogen and oxygen atoms in total. The van der Waals surface area contributed by atoms with Crippen LogP contribution in [-0.4, -0.2) is 31.3 Å². The van der Waals surface area contributed by atoms with Crippen molar-refractivity contribution in [1.29, 1.82) is 0 Å². The number of urea groups is 1. The SMILES string of the molecule is C#CCNC(=O)NC1(C)CCOC1. The highest BCUT2D eigenvalue weighted by Gasteiger charge is 2.30. The molecule has 1 heterocycles. The van der Waals surface area contributed by atoms with Crippen molar-refractivity contribution in [2.75, 3.05) is 19.8 Å². The van der Waals surface area contributed by atoms with E-state index < -0.39 is 0 Å². The van der Waals surface area contributed by atoms with E-state index in [2.05, 4.69) is 16.6 Å². The molecule has 2 amide bonds. The van der Waals surface area contributed by atoms with Gasteiger partial charge in [0.2, 0.25) is 0 Å². The Balaban J connectivity index is 2.31. The lowest BCUT2D eigenvalue weighted by Gasteiger charge is -2.23. The average molecular weight is 182 g/mol. The predicted molar refractivity (Wildman–Crippen MR) is 49.2 cm³/mol. The molecule has 72 valence electrons. The van der Waals surface area contributed by atoms with Crippen LogP contribution in [0.2, 0.25) is 0 Å². The lowest BCUT2D eigenvalue weighted by atomic mass is 10.0. The van der Waals surface area contributed by atoms with Gasteiger partial charge >= 0.3 is 6.03 Å². The fraction of sp³-hybridized carbons (Fsp3) is 0.667. The van der Waals surface area contributed by atoms with Crippen LogP contribution in [0.3, 0.4) is 0 Å². The largest absolute Gasteiger partial charge is 0.379 e. The summed E-state index contributed by atoms with van der Waals surface area (Å²) in [5, 5.41) is 5.36. The number of carbonyl (C=O) groups is 1. The minimum atomic E-state index is -0.237. The van der Waals surface area contributed by atoms with Crippen molar-refractivity contribution >= 4 is 6.03 Å². The van der Waals surface area contributed by atoms with Gasteiger partial charge in [0.1, 0.15) is 0 Å². The molecular formula is C9H14N2O2. The summed E-state index contributed by atoms with van der Waals surface area (Å²) < 4.78 is 5.18. The molecule has 0 aromatic rings. The molecule has 1 fully saturated rings. The first-order chi connectivity index (χ1) is 6.16. The van der Waals surface area contributed by atoms with Gasteiger partial charge in [-0.3, -0.25) is 0 Å². The van der Waals surface area contributed by atoms with Gasteiger partial charge in [-0.25, -0.2) is 4.79 Å². The van der Waals surface area contributed by atoms with Crippen LogP contribution in [0.25, 0.3) is 0 Å². The van der Waals surface area contributed by atoms with E-state index in [9.17, 15) is 4.79 Å². The number of terminal acetylenes is 1. The number of ether oxygens (including phenoxy) is 1. The molecule has 0 saturated carbocycles. The van der Waals surface area contributed by atoms with Gasteiger partial charge in [-0.15, -0.1) is 6.42 Å². The molecule has 1 atom stereocenters. The zero-order chi connectivity index (χ0) is 9.73. The monoisotopic (exact) mass is 182 g/mol. The number of hydrogen-bond acceptors (Lipinski definition) is 2. The van der Waals surface area contributed by atoms with Crippen molar-refractivity contribution in [2.45, 2.75) is 18.9 Å². The summed E-state index contributed by atoms with van der Waals surface area (Å²) in [6.45, 7) is 3.47. The first kappa shape index (κ1) is 9.87. The smallest absolute Gasteiger partial charge is 0.316 e. The summed E-state index contributed by atoms with van der Waals surface area (Å²) in [6.07, 6.45) is 5.84. The number of hydrogen-bond donors (Lipinski definition) is 2. The number of carbonyl (C=O) groups excluding carboxylic acids is 1. The Hall–Kier alpha value is -1.21. The third kappa shape index (κ3) is 2.96. The van der Waals surface area contributed by atoms with Crippen LogP contribution < -0.4 is 10.6 Å². The van der Waals surface area contributed by atoms with Crippen molar-refractivity contribution in [2.24, 2.45) is 0 Å². The minimum absolute atomic E-state index is 0.231. The zero-order valence-electron chi connectivity index (χ0n) is 7.72. The first-order valence-corrected chi connectivity index (χ1v) is 4.23. The highest BCUT2D eigenvalue weighted by atomic mass is 16.5. The molecular weight excluding hydrogens is 168 g/mol. The average Bonchev–Trinajstić information content (AvgIpc) is 2.48. The molecule has 1 unspecified atom stereocenters. The molecule has 1 rings (SSSR count). The van der Waals surface area contributed by atoms with E-state index in [0.29, 0.717) is 13.2 Å². The topological polar surface area (TPSA) is 50.4 Å². The second kappa shape index (κ2) is 4.15. The van der Waals surface area contributed by atoms with Crippen molar-refractivity contribution in [3.05, 3.63) is 0 Å². The van der Waals surface area contributed by atoms with Crippen LogP contribution in [0, 0.1) is 12.3 Å². The van der Waals surface area contributed by atoms with Gasteiger partial charge in [0.05, 0.1) is 18.7 Å². The van der Waals surface area contributed by atoms with Crippen LogP contribution in [0.15, 0.2) is 0 Å². The van der Waals surface area contributed by atoms with Gasteiger partial charge in [0.15, 0.2) is 0 Å². The standard InChI is InChI=1S/C9H14N2O2/c1-3-5-10-8(12)11-9(2)4-6-13-7-9/h1H,4-7H2,2H3,(H2,10,11,12). The second-order valence-corrected chi connectivity index (χ2v) is 3.38. The molecule has 0 spiro atoms. The third-order valence-electron chi connectivity index (χ3n) is 1.99. The molecule has 0 bridgehead atoms. The molecule has 1 saturated heterocycles. The Kier molecular flexibility index (Phi) is 3.15. The summed E-state index contributed by atoms with van der Waals surface area (Å²) in [7, 11) is 0. The summed E-state index contributed by atoms with van der Waals surface area (Å²) >= 11 is 0. The van der Waals surface area contributed by atoms with Crippen molar-refractivity contribution in [3.8, 4) is 12.3 Å². The summed E-state index contributed by atoms with van der Waals surface area (Å²) in [5.74, 6) is 2.33. The van der Waals surface area contributed by atoms with Crippen molar-refractivity contribution in [3.63, 3.8) is 0 Å². The zero-order valence-corrected chi connectivity index (χ0v) is 7.72. The molecule has 2 N–H and O–H groups in total. The number of rotatable bonds is 2. The third-order valence-corrected chi connectivity index (χ3v) is 1.99. The first-order valence-electron chi connectivity index (χ1n) is 4.23. The predicted octanol–water partition coefficient (Wildman–Crippen LogP) is 0.0978. The van der Waals surface area contributed by atoms with Gasteiger partial charge in [-0.1, -0.05) is 5.92 Å². The Morgan fingerprint density at radius 2 is 2.54 bits per heavy atom. The van der Waals surface area contributed by atoms with Crippen LogP contribution in [0.1, 0.15) is 13.3 Å². The van der Waals surface area contributed by atoms with E-state index in [0.717, 1.165) is 6.42 Å². The molecule has 0 aromatic carbocycles. The van der Waals surface area contributed by atoms with E-state index in [1.165, 1.54) is 0 Å². The fourth-order valence-electron chi connectivity index (χ4n) is 1.22. The fourth-order valence-corrected chi connectivity index (χ4v) is 1.22. The molecule has 0 radical (unpaired) electrons. The Bertz CT molecular complexity index is 226. The van der Waals surface area contributed by atoms with Crippen molar-refractivity contribution < 1.29 is 9.53 Å². The van der Waals surface area contributed by atoms with E-state index >= 15 is 0 Å². The highest BCUT2D eigenvalue weighted by Crippen LogP contribution is 2.16. The van der Waals surface area contributed by atoms with E-state index in [4.69, 9.17) is 11.2 Å². The molecule has 1 aliphatic rings. The van der Waals surface area contributed by atoms with Gasteiger partial charge in [-0.05, 0) is 13.3 Å². The Labute approximate surface area is 78.0 Å². The van der Waals surface area contributed by atoms with Gasteiger partial charge in [0.25, 0.3) is 0 Å². The molecule has 4 heteroatoms. The maximum absolute atomic E-state index is 11.2. The minimum Gasteiger partial charge on any atom is -0.379 e. The van der Waals surface area contributed by atoms with E-state index in [1.807, 2.05) is 6.92 Å². The summed E-state index contributed by atoms with van der Waals surface area (Å²) in [5.41, 5.74) is -0.237. The van der Waals surface area contributed by atoms with Crippen LogP contribution in [-0.2, 0) is 4.74 Å². The molecule has 13 heavy (non-hydrogen) atoms. The maximum atomic E-state index is 11.2. The summed E-state index contributed by atoms with van der Waals surface area (Å²) in [6, 6.07) is -0.231. The lowest BCUT2D eigenvalue weighted by molar-refractivity contribution is 0.170.